The minimum Gasteiger partial charge on any atom is -0.396 e. The molecule has 0 amide bonds. The van der Waals surface area contributed by atoms with E-state index in [2.05, 4.69) is 24.4 Å². The second-order valence-corrected chi connectivity index (χ2v) is 4.18. The molecule has 1 rings (SSSR count). The molecule has 0 aromatic heterocycles. The Bertz CT molecular complexity index is 168. The molecule has 0 aliphatic heterocycles. The largest absolute Gasteiger partial charge is 0.396 e. The molecule has 2 nitrogen and oxygen atoms in total. The molecule has 1 aliphatic carbocycles. The highest BCUT2D eigenvalue weighted by atomic mass is 16.3. The lowest BCUT2D eigenvalue weighted by Crippen LogP contribution is -2.33. The summed E-state index contributed by atoms with van der Waals surface area (Å²) < 4.78 is 0. The summed E-state index contributed by atoms with van der Waals surface area (Å²) in [5.74, 6) is 0.813. The van der Waals surface area contributed by atoms with E-state index in [4.69, 9.17) is 5.11 Å². The van der Waals surface area contributed by atoms with Crippen molar-refractivity contribution in [2.45, 2.75) is 45.1 Å². The van der Waals surface area contributed by atoms with E-state index < -0.39 is 0 Å². The number of hydrogen-bond acceptors (Lipinski definition) is 2. The molecular weight excluding hydrogens is 174 g/mol. The quantitative estimate of drug-likeness (QED) is 0.639. The van der Waals surface area contributed by atoms with Crippen LogP contribution in [0.5, 0.6) is 0 Å². The third-order valence-electron chi connectivity index (χ3n) is 3.04. The van der Waals surface area contributed by atoms with Crippen LogP contribution in [-0.4, -0.2) is 24.3 Å². The number of aliphatic hydroxyl groups excluding tert-OH is 1. The molecule has 0 aromatic rings. The molecule has 0 heterocycles. The number of rotatable bonds is 6. The van der Waals surface area contributed by atoms with Crippen LogP contribution in [0.25, 0.3) is 0 Å². The number of nitrogens with one attached hydrogen (secondary N) is 1. The summed E-state index contributed by atoms with van der Waals surface area (Å²) in [5.41, 5.74) is 0. The Morgan fingerprint density at radius 1 is 1.50 bits per heavy atom. The Kier molecular flexibility index (Phi) is 5.88. The van der Waals surface area contributed by atoms with Crippen LogP contribution in [0.4, 0.5) is 0 Å². The van der Waals surface area contributed by atoms with Gasteiger partial charge < -0.3 is 10.4 Å². The predicted octanol–water partition coefficient (Wildman–Crippen LogP) is 2.09. The lowest BCUT2D eigenvalue weighted by molar-refractivity contribution is 0.257. The third-order valence-corrected chi connectivity index (χ3v) is 3.04. The molecule has 0 fully saturated rings. The summed E-state index contributed by atoms with van der Waals surface area (Å²) in [5, 5.41) is 12.4. The maximum Gasteiger partial charge on any atom is 0.0445 e. The minimum atomic E-state index is 0.302. The van der Waals surface area contributed by atoms with Crippen molar-refractivity contribution in [1.82, 2.24) is 5.32 Å². The SMILES string of the molecule is CCC(CCO)NCC1CC=CCC1. The summed E-state index contributed by atoms with van der Waals surface area (Å²) in [6.45, 7) is 3.59. The van der Waals surface area contributed by atoms with Gasteiger partial charge in [-0.2, -0.15) is 0 Å². The Balaban J connectivity index is 2.14. The highest BCUT2D eigenvalue weighted by Gasteiger charge is 2.11. The van der Waals surface area contributed by atoms with Crippen molar-refractivity contribution in [3.05, 3.63) is 12.2 Å². The summed E-state index contributed by atoms with van der Waals surface area (Å²) in [6, 6.07) is 0.505. The molecule has 0 bridgehead atoms. The first kappa shape index (κ1) is 11.7. The predicted molar refractivity (Wildman–Crippen MR) is 60.3 cm³/mol. The second-order valence-electron chi connectivity index (χ2n) is 4.18. The van der Waals surface area contributed by atoms with Gasteiger partial charge in [-0.15, -0.1) is 0 Å². The van der Waals surface area contributed by atoms with E-state index in [1.807, 2.05) is 0 Å². The molecule has 0 aromatic carbocycles. The molecule has 1 aliphatic rings. The molecule has 82 valence electrons. The Morgan fingerprint density at radius 2 is 2.36 bits per heavy atom. The average Bonchev–Trinajstić information content (AvgIpc) is 2.25. The van der Waals surface area contributed by atoms with E-state index in [9.17, 15) is 0 Å². The number of hydrogen-bond donors (Lipinski definition) is 2. The zero-order chi connectivity index (χ0) is 10.2. The molecular formula is C12H23NO. The van der Waals surface area contributed by atoms with Gasteiger partial charge >= 0.3 is 0 Å². The van der Waals surface area contributed by atoms with Gasteiger partial charge in [-0.25, -0.2) is 0 Å². The smallest absolute Gasteiger partial charge is 0.0445 e. The van der Waals surface area contributed by atoms with Gasteiger partial charge in [0.2, 0.25) is 0 Å². The van der Waals surface area contributed by atoms with Gasteiger partial charge in [-0.3, -0.25) is 0 Å². The fraction of sp³-hybridized carbons (Fsp3) is 0.833. The van der Waals surface area contributed by atoms with Crippen molar-refractivity contribution in [2.75, 3.05) is 13.2 Å². The van der Waals surface area contributed by atoms with Crippen LogP contribution in [-0.2, 0) is 0 Å². The summed E-state index contributed by atoms with van der Waals surface area (Å²) >= 11 is 0. The number of aliphatic hydroxyl groups is 1. The lowest BCUT2D eigenvalue weighted by atomic mass is 9.94. The standard InChI is InChI=1S/C12H23NO/c1-2-12(8-9-14)13-10-11-6-4-3-5-7-11/h3-4,11-14H,2,5-10H2,1H3. The van der Waals surface area contributed by atoms with Crippen molar-refractivity contribution in [1.29, 1.82) is 0 Å². The summed E-state index contributed by atoms with van der Waals surface area (Å²) in [6.07, 6.45) is 10.4. The van der Waals surface area contributed by atoms with E-state index >= 15 is 0 Å². The van der Waals surface area contributed by atoms with Gasteiger partial charge in [-0.1, -0.05) is 19.1 Å². The first-order chi connectivity index (χ1) is 6.86. The summed E-state index contributed by atoms with van der Waals surface area (Å²) in [4.78, 5) is 0. The van der Waals surface area contributed by atoms with E-state index in [1.54, 1.807) is 0 Å². The van der Waals surface area contributed by atoms with Gasteiger partial charge in [0.15, 0.2) is 0 Å². The first-order valence-corrected chi connectivity index (χ1v) is 5.86. The van der Waals surface area contributed by atoms with Gasteiger partial charge in [0.1, 0.15) is 0 Å². The molecule has 0 radical (unpaired) electrons. The molecule has 2 heteroatoms. The maximum atomic E-state index is 8.85. The Labute approximate surface area is 87.4 Å². The van der Waals surface area contributed by atoms with Crippen molar-refractivity contribution in [2.24, 2.45) is 5.92 Å². The van der Waals surface area contributed by atoms with Gasteiger partial charge in [-0.05, 0) is 44.6 Å². The van der Waals surface area contributed by atoms with Gasteiger partial charge in [0.25, 0.3) is 0 Å². The molecule has 2 unspecified atom stereocenters. The monoisotopic (exact) mass is 197 g/mol. The zero-order valence-electron chi connectivity index (χ0n) is 9.21. The molecule has 2 atom stereocenters. The van der Waals surface area contributed by atoms with E-state index in [0.717, 1.165) is 25.3 Å². The Hall–Kier alpha value is -0.340. The highest BCUT2D eigenvalue weighted by Crippen LogP contribution is 2.17. The van der Waals surface area contributed by atoms with Gasteiger partial charge in [0, 0.05) is 12.6 Å². The molecule has 2 N–H and O–H groups in total. The van der Waals surface area contributed by atoms with E-state index in [1.165, 1.54) is 19.3 Å². The first-order valence-electron chi connectivity index (χ1n) is 5.86. The van der Waals surface area contributed by atoms with Crippen molar-refractivity contribution < 1.29 is 5.11 Å². The van der Waals surface area contributed by atoms with Crippen LogP contribution < -0.4 is 5.32 Å². The van der Waals surface area contributed by atoms with Crippen molar-refractivity contribution >= 4 is 0 Å². The van der Waals surface area contributed by atoms with Crippen LogP contribution in [0, 0.1) is 5.92 Å². The average molecular weight is 197 g/mol. The zero-order valence-corrected chi connectivity index (χ0v) is 9.21. The van der Waals surface area contributed by atoms with Crippen molar-refractivity contribution in [3.63, 3.8) is 0 Å². The minimum absolute atomic E-state index is 0.302. The molecule has 14 heavy (non-hydrogen) atoms. The van der Waals surface area contributed by atoms with Crippen LogP contribution in [0.2, 0.25) is 0 Å². The second kappa shape index (κ2) is 7.02. The maximum absolute atomic E-state index is 8.85. The van der Waals surface area contributed by atoms with Crippen molar-refractivity contribution in [3.8, 4) is 0 Å². The topological polar surface area (TPSA) is 32.3 Å². The lowest BCUT2D eigenvalue weighted by Gasteiger charge is -2.22. The normalized spacial score (nSPS) is 23.7. The fourth-order valence-electron chi connectivity index (χ4n) is 1.98. The summed E-state index contributed by atoms with van der Waals surface area (Å²) in [7, 11) is 0. The highest BCUT2D eigenvalue weighted by molar-refractivity contribution is 4.90. The molecule has 0 spiro atoms. The van der Waals surface area contributed by atoms with Crippen LogP contribution >= 0.6 is 0 Å². The van der Waals surface area contributed by atoms with E-state index in [-0.39, 0.29) is 0 Å². The third kappa shape index (κ3) is 4.25. The number of allylic oxidation sites excluding steroid dienone is 2. The molecule has 0 saturated heterocycles. The van der Waals surface area contributed by atoms with Crippen LogP contribution in [0.3, 0.4) is 0 Å². The Morgan fingerprint density at radius 3 is 2.93 bits per heavy atom. The molecule has 0 saturated carbocycles. The van der Waals surface area contributed by atoms with Crippen LogP contribution in [0.15, 0.2) is 12.2 Å². The van der Waals surface area contributed by atoms with Gasteiger partial charge in [0.05, 0.1) is 0 Å². The van der Waals surface area contributed by atoms with Crippen LogP contribution in [0.1, 0.15) is 39.0 Å². The van der Waals surface area contributed by atoms with E-state index in [0.29, 0.717) is 12.6 Å². The fourth-order valence-corrected chi connectivity index (χ4v) is 1.98.